The molecule has 0 atom stereocenters. The van der Waals surface area contributed by atoms with Crippen LogP contribution in [-0.2, 0) is 11.3 Å². The van der Waals surface area contributed by atoms with Crippen molar-refractivity contribution in [3.63, 3.8) is 0 Å². The third-order valence-corrected chi connectivity index (χ3v) is 4.46. The first-order chi connectivity index (χ1) is 9.99. The number of thiazole rings is 1. The van der Waals surface area contributed by atoms with Crippen LogP contribution in [0.15, 0.2) is 0 Å². The van der Waals surface area contributed by atoms with Crippen molar-refractivity contribution in [3.05, 3.63) is 15.6 Å². The van der Waals surface area contributed by atoms with Gasteiger partial charge in [-0.2, -0.15) is 0 Å². The van der Waals surface area contributed by atoms with Crippen molar-refractivity contribution in [2.24, 2.45) is 0 Å². The van der Waals surface area contributed by atoms with Gasteiger partial charge in [-0.3, -0.25) is 0 Å². The van der Waals surface area contributed by atoms with Crippen molar-refractivity contribution >= 4 is 23.3 Å². The van der Waals surface area contributed by atoms with Crippen molar-refractivity contribution < 1.29 is 19.4 Å². The molecule has 2 N–H and O–H groups in total. The Hall–Kier alpha value is -1.67. The number of nitrogens with one attached hydrogen (secondary N) is 1. The Morgan fingerprint density at radius 3 is 2.71 bits per heavy atom. The van der Waals surface area contributed by atoms with Crippen LogP contribution < -0.4 is 5.32 Å². The molecule has 1 aromatic heterocycles. The first kappa shape index (κ1) is 15.7. The summed E-state index contributed by atoms with van der Waals surface area (Å²) >= 11 is 1.29. The number of hydrogen-bond donors (Lipinski definition) is 2. The van der Waals surface area contributed by atoms with Crippen molar-refractivity contribution in [1.29, 1.82) is 0 Å². The van der Waals surface area contributed by atoms with Gasteiger partial charge >= 0.3 is 12.0 Å². The summed E-state index contributed by atoms with van der Waals surface area (Å²) < 4.78 is 5.27. The normalized spacial score (nSPS) is 15.7. The fourth-order valence-corrected chi connectivity index (χ4v) is 3.10. The third kappa shape index (κ3) is 3.92. The first-order valence-electron chi connectivity index (χ1n) is 6.77. The highest BCUT2D eigenvalue weighted by Gasteiger charge is 2.22. The molecule has 0 radical (unpaired) electrons. The van der Waals surface area contributed by atoms with Crippen LogP contribution in [0.25, 0.3) is 0 Å². The van der Waals surface area contributed by atoms with Gasteiger partial charge in [0.2, 0.25) is 0 Å². The number of urea groups is 1. The Kier molecular flexibility index (Phi) is 5.13. The van der Waals surface area contributed by atoms with E-state index in [4.69, 9.17) is 9.84 Å². The number of carbonyl (C=O) groups is 2. The fourth-order valence-electron chi connectivity index (χ4n) is 2.24. The van der Waals surface area contributed by atoms with E-state index in [-0.39, 0.29) is 24.3 Å². The van der Waals surface area contributed by atoms with E-state index in [9.17, 15) is 9.59 Å². The monoisotopic (exact) mass is 313 g/mol. The number of hydrogen-bond acceptors (Lipinski definition) is 5. The molecular formula is C13H19N3O4S. The molecule has 2 rings (SSSR count). The van der Waals surface area contributed by atoms with Crippen molar-refractivity contribution in [1.82, 2.24) is 15.2 Å². The van der Waals surface area contributed by atoms with Gasteiger partial charge in [0.15, 0.2) is 5.69 Å². The van der Waals surface area contributed by atoms with E-state index in [0.29, 0.717) is 23.1 Å². The zero-order valence-electron chi connectivity index (χ0n) is 12.1. The van der Waals surface area contributed by atoms with Gasteiger partial charge in [0.1, 0.15) is 5.01 Å². The molecule has 21 heavy (non-hydrogen) atoms. The Labute approximate surface area is 126 Å². The number of carboxylic acid groups (broad SMARTS) is 1. The Balaban J connectivity index is 1.88. The van der Waals surface area contributed by atoms with E-state index in [0.717, 1.165) is 12.8 Å². The van der Waals surface area contributed by atoms with Gasteiger partial charge in [0.05, 0.1) is 6.54 Å². The summed E-state index contributed by atoms with van der Waals surface area (Å²) in [5.74, 6) is -1.04. The molecule has 2 amide bonds. The van der Waals surface area contributed by atoms with Gasteiger partial charge in [-0.15, -0.1) is 11.3 Å². The summed E-state index contributed by atoms with van der Waals surface area (Å²) in [4.78, 5) is 29.3. The van der Waals surface area contributed by atoms with E-state index in [1.54, 1.807) is 18.9 Å². The quantitative estimate of drug-likeness (QED) is 0.878. The molecule has 0 bridgehead atoms. The predicted molar refractivity (Wildman–Crippen MR) is 77.7 cm³/mol. The van der Waals surface area contributed by atoms with Gasteiger partial charge in [-0.1, -0.05) is 0 Å². The zero-order chi connectivity index (χ0) is 15.4. The fraction of sp³-hybridized carbons (Fsp3) is 0.615. The van der Waals surface area contributed by atoms with Crippen molar-refractivity contribution in [2.75, 3.05) is 20.3 Å². The van der Waals surface area contributed by atoms with Crippen LogP contribution in [0.2, 0.25) is 0 Å². The summed E-state index contributed by atoms with van der Waals surface area (Å²) in [5, 5.41) is 12.3. The SMILES string of the molecule is Cc1sc(CNC(=O)N(C)C2CCOCC2)nc1C(=O)O. The lowest BCUT2D eigenvalue weighted by Gasteiger charge is -2.31. The van der Waals surface area contributed by atoms with Crippen LogP contribution in [0.4, 0.5) is 4.79 Å². The standard InChI is InChI=1S/C13H19N3O4S/c1-8-11(12(17)18)15-10(21-8)7-14-13(19)16(2)9-3-5-20-6-4-9/h9H,3-7H2,1-2H3,(H,14,19)(H,17,18). The number of aromatic carboxylic acids is 1. The maximum atomic E-state index is 12.1. The van der Waals surface area contributed by atoms with Crippen LogP contribution in [0.1, 0.15) is 33.2 Å². The average molecular weight is 313 g/mol. The van der Waals surface area contributed by atoms with Crippen molar-refractivity contribution in [3.8, 4) is 0 Å². The smallest absolute Gasteiger partial charge is 0.355 e. The molecule has 1 aliphatic heterocycles. The van der Waals surface area contributed by atoms with Crippen LogP contribution in [-0.4, -0.2) is 53.3 Å². The van der Waals surface area contributed by atoms with Crippen LogP contribution >= 0.6 is 11.3 Å². The molecule has 2 heterocycles. The highest BCUT2D eigenvalue weighted by Crippen LogP contribution is 2.18. The van der Waals surface area contributed by atoms with Gasteiger partial charge in [0.25, 0.3) is 0 Å². The van der Waals surface area contributed by atoms with Gasteiger partial charge < -0.3 is 20.1 Å². The minimum absolute atomic E-state index is 0.0574. The van der Waals surface area contributed by atoms with E-state index in [1.807, 2.05) is 0 Å². The second kappa shape index (κ2) is 6.86. The van der Waals surface area contributed by atoms with E-state index in [1.165, 1.54) is 11.3 Å². The Morgan fingerprint density at radius 2 is 2.14 bits per heavy atom. The molecule has 116 valence electrons. The number of aryl methyl sites for hydroxylation is 1. The third-order valence-electron chi connectivity index (χ3n) is 3.49. The second-order valence-electron chi connectivity index (χ2n) is 4.93. The zero-order valence-corrected chi connectivity index (χ0v) is 12.9. The molecule has 0 aromatic carbocycles. The number of amides is 2. The summed E-state index contributed by atoms with van der Waals surface area (Å²) in [7, 11) is 1.76. The number of nitrogens with zero attached hydrogens (tertiary/aromatic N) is 2. The molecule has 1 fully saturated rings. The molecule has 1 saturated heterocycles. The number of rotatable bonds is 4. The molecule has 0 saturated carbocycles. The minimum atomic E-state index is -1.04. The second-order valence-corrected chi connectivity index (χ2v) is 6.22. The van der Waals surface area contributed by atoms with Crippen LogP contribution in [0, 0.1) is 6.92 Å². The number of carboxylic acids is 1. The molecule has 7 nitrogen and oxygen atoms in total. The van der Waals surface area contributed by atoms with E-state index >= 15 is 0 Å². The van der Waals surface area contributed by atoms with Gasteiger partial charge in [-0.25, -0.2) is 14.6 Å². The molecule has 0 aliphatic carbocycles. The largest absolute Gasteiger partial charge is 0.476 e. The molecule has 0 spiro atoms. The molecule has 8 heteroatoms. The topological polar surface area (TPSA) is 91.8 Å². The van der Waals surface area contributed by atoms with Crippen LogP contribution in [0.3, 0.4) is 0 Å². The number of aromatic nitrogens is 1. The minimum Gasteiger partial charge on any atom is -0.476 e. The maximum absolute atomic E-state index is 12.1. The average Bonchev–Trinajstić information content (AvgIpc) is 2.86. The van der Waals surface area contributed by atoms with Crippen molar-refractivity contribution in [2.45, 2.75) is 32.4 Å². The molecule has 0 unspecified atom stereocenters. The highest BCUT2D eigenvalue weighted by molar-refractivity contribution is 7.11. The lowest BCUT2D eigenvalue weighted by Crippen LogP contribution is -2.45. The maximum Gasteiger partial charge on any atom is 0.355 e. The molecule has 1 aromatic rings. The first-order valence-corrected chi connectivity index (χ1v) is 7.58. The summed E-state index contributed by atoms with van der Waals surface area (Å²) in [6, 6.07) is 0.0120. The Bertz CT molecular complexity index is 525. The lowest BCUT2D eigenvalue weighted by molar-refractivity contribution is 0.0525. The summed E-state index contributed by atoms with van der Waals surface area (Å²) in [6.07, 6.45) is 1.67. The number of carbonyl (C=O) groups excluding carboxylic acids is 1. The lowest BCUT2D eigenvalue weighted by atomic mass is 10.1. The molecular weight excluding hydrogens is 294 g/mol. The van der Waals surface area contributed by atoms with E-state index in [2.05, 4.69) is 10.3 Å². The van der Waals surface area contributed by atoms with Crippen LogP contribution in [0.5, 0.6) is 0 Å². The summed E-state index contributed by atoms with van der Waals surface area (Å²) in [5.41, 5.74) is 0.0574. The van der Waals surface area contributed by atoms with E-state index < -0.39 is 5.97 Å². The predicted octanol–water partition coefficient (Wildman–Crippen LogP) is 1.47. The number of ether oxygens (including phenoxy) is 1. The van der Waals surface area contributed by atoms with Gasteiger partial charge in [0, 0.05) is 31.2 Å². The highest BCUT2D eigenvalue weighted by atomic mass is 32.1. The molecule has 1 aliphatic rings. The Morgan fingerprint density at radius 1 is 1.48 bits per heavy atom. The summed E-state index contributed by atoms with van der Waals surface area (Å²) in [6.45, 7) is 3.30. The van der Waals surface area contributed by atoms with Gasteiger partial charge in [-0.05, 0) is 19.8 Å².